The molecule has 0 radical (unpaired) electrons. The number of carbonyl (C=O) groups excluding carboxylic acids is 2. The summed E-state index contributed by atoms with van der Waals surface area (Å²) in [4.78, 5) is 27.9. The summed E-state index contributed by atoms with van der Waals surface area (Å²) in [6, 6.07) is 21.8. The summed E-state index contributed by atoms with van der Waals surface area (Å²) in [6.07, 6.45) is 1.38. The van der Waals surface area contributed by atoms with E-state index in [2.05, 4.69) is 5.32 Å². The summed E-state index contributed by atoms with van der Waals surface area (Å²) in [7, 11) is -3.84. The number of ether oxygens (including phenoxy) is 1. The summed E-state index contributed by atoms with van der Waals surface area (Å²) in [5, 5.41) is 3.21. The second-order valence-corrected chi connectivity index (χ2v) is 10.9. The van der Waals surface area contributed by atoms with Crippen LogP contribution in [-0.4, -0.2) is 50.5 Å². The van der Waals surface area contributed by atoms with Crippen molar-refractivity contribution in [3.63, 3.8) is 0 Å². The van der Waals surface area contributed by atoms with Crippen LogP contribution in [-0.2, 0) is 26.2 Å². The zero-order chi connectivity index (χ0) is 27.7. The van der Waals surface area contributed by atoms with Crippen LogP contribution in [0.5, 0.6) is 11.5 Å². The third kappa shape index (κ3) is 7.72. The highest BCUT2D eigenvalue weighted by atomic mass is 35.5. The molecule has 0 saturated heterocycles. The molecule has 0 bridgehead atoms. The Labute approximate surface area is 229 Å². The van der Waals surface area contributed by atoms with Crippen LogP contribution < -0.4 is 14.4 Å². The van der Waals surface area contributed by atoms with Crippen molar-refractivity contribution in [1.82, 2.24) is 10.2 Å². The standard InChI is InChI=1S/C28H32ClN3O5S/c1-4-26(28(34)30-5-2)31(19-21-11-9-10-14-25(21)29)27(33)20-32(38(3,35)36)22-15-17-24(18-16-22)37-23-12-7-6-8-13-23/h6-18,26H,4-5,19-20H2,1-3H3,(H,30,34). The van der Waals surface area contributed by atoms with Crippen LogP contribution in [0, 0.1) is 0 Å². The van der Waals surface area contributed by atoms with Crippen LogP contribution in [0.4, 0.5) is 5.69 Å². The van der Waals surface area contributed by atoms with Gasteiger partial charge in [0.1, 0.15) is 24.1 Å². The van der Waals surface area contributed by atoms with Crippen LogP contribution in [0.25, 0.3) is 0 Å². The number of halogens is 1. The van der Waals surface area contributed by atoms with Gasteiger partial charge in [-0.25, -0.2) is 8.42 Å². The quantitative estimate of drug-likeness (QED) is 0.344. The van der Waals surface area contributed by atoms with Gasteiger partial charge in [0.15, 0.2) is 0 Å². The zero-order valence-corrected chi connectivity index (χ0v) is 23.2. The monoisotopic (exact) mass is 557 g/mol. The molecule has 3 rings (SSSR count). The number of likely N-dealkylation sites (N-methyl/N-ethyl adjacent to an activating group) is 1. The molecule has 0 aliphatic heterocycles. The van der Waals surface area contributed by atoms with Gasteiger partial charge < -0.3 is 15.0 Å². The maximum Gasteiger partial charge on any atom is 0.244 e. The van der Waals surface area contributed by atoms with E-state index in [9.17, 15) is 18.0 Å². The molecule has 8 nitrogen and oxygen atoms in total. The molecule has 2 amide bonds. The van der Waals surface area contributed by atoms with Crippen molar-refractivity contribution < 1.29 is 22.7 Å². The highest BCUT2D eigenvalue weighted by Crippen LogP contribution is 2.26. The van der Waals surface area contributed by atoms with Gasteiger partial charge in [-0.3, -0.25) is 13.9 Å². The molecule has 3 aromatic carbocycles. The molecule has 1 N–H and O–H groups in total. The molecule has 1 atom stereocenters. The number of nitrogens with zero attached hydrogens (tertiary/aromatic N) is 2. The topological polar surface area (TPSA) is 96.0 Å². The summed E-state index contributed by atoms with van der Waals surface area (Å²) < 4.78 is 32.4. The van der Waals surface area contributed by atoms with E-state index < -0.39 is 28.5 Å². The van der Waals surface area contributed by atoms with E-state index in [1.807, 2.05) is 30.3 Å². The second-order valence-electron chi connectivity index (χ2n) is 8.61. The van der Waals surface area contributed by atoms with E-state index in [0.29, 0.717) is 40.7 Å². The fourth-order valence-electron chi connectivity index (χ4n) is 3.94. The highest BCUT2D eigenvalue weighted by Gasteiger charge is 2.31. The molecule has 0 spiro atoms. The third-order valence-electron chi connectivity index (χ3n) is 5.82. The molecule has 0 heterocycles. The summed E-state index contributed by atoms with van der Waals surface area (Å²) in [6.45, 7) is 3.55. The number of para-hydroxylation sites is 1. The van der Waals surface area contributed by atoms with Crippen LogP contribution in [0.15, 0.2) is 78.9 Å². The van der Waals surface area contributed by atoms with Gasteiger partial charge in [-0.2, -0.15) is 0 Å². The summed E-state index contributed by atoms with van der Waals surface area (Å²) >= 11 is 6.35. The van der Waals surface area contributed by atoms with E-state index in [-0.39, 0.29) is 12.5 Å². The normalized spacial score (nSPS) is 11.9. The van der Waals surface area contributed by atoms with Crippen molar-refractivity contribution in [3.05, 3.63) is 89.4 Å². The first-order chi connectivity index (χ1) is 18.1. The molecule has 38 heavy (non-hydrogen) atoms. The fourth-order valence-corrected chi connectivity index (χ4v) is 4.99. The maximum absolute atomic E-state index is 13.7. The Morgan fingerprint density at radius 2 is 1.53 bits per heavy atom. The molecule has 0 fully saturated rings. The number of anilines is 1. The Bertz CT molecular complexity index is 1330. The van der Waals surface area contributed by atoms with Gasteiger partial charge in [0.25, 0.3) is 0 Å². The molecule has 0 aliphatic carbocycles. The van der Waals surface area contributed by atoms with Gasteiger partial charge in [0.2, 0.25) is 21.8 Å². The van der Waals surface area contributed by atoms with E-state index in [1.165, 1.54) is 4.90 Å². The van der Waals surface area contributed by atoms with Crippen LogP contribution in [0.2, 0.25) is 5.02 Å². The lowest BCUT2D eigenvalue weighted by Crippen LogP contribution is -2.52. The Morgan fingerprint density at radius 1 is 0.921 bits per heavy atom. The van der Waals surface area contributed by atoms with Crippen molar-refractivity contribution in [3.8, 4) is 11.5 Å². The van der Waals surface area contributed by atoms with E-state index in [1.54, 1.807) is 62.4 Å². The van der Waals surface area contributed by atoms with Gasteiger partial charge in [-0.15, -0.1) is 0 Å². The second kappa shape index (κ2) is 13.3. The van der Waals surface area contributed by atoms with E-state index in [0.717, 1.165) is 10.6 Å². The Hall–Kier alpha value is -3.56. The summed E-state index contributed by atoms with van der Waals surface area (Å²) in [5.74, 6) is 0.311. The number of sulfonamides is 1. The highest BCUT2D eigenvalue weighted by molar-refractivity contribution is 7.92. The average Bonchev–Trinajstić information content (AvgIpc) is 2.89. The zero-order valence-electron chi connectivity index (χ0n) is 21.6. The van der Waals surface area contributed by atoms with Crippen LogP contribution in [0.1, 0.15) is 25.8 Å². The van der Waals surface area contributed by atoms with Crippen molar-refractivity contribution >= 4 is 39.1 Å². The number of carbonyl (C=O) groups is 2. The Morgan fingerprint density at radius 3 is 2.11 bits per heavy atom. The van der Waals surface area contributed by atoms with Crippen molar-refractivity contribution in [2.24, 2.45) is 0 Å². The molecular weight excluding hydrogens is 526 g/mol. The first-order valence-electron chi connectivity index (χ1n) is 12.2. The molecular formula is C28H32ClN3O5S. The van der Waals surface area contributed by atoms with E-state index >= 15 is 0 Å². The predicted molar refractivity (Wildman–Crippen MR) is 150 cm³/mol. The lowest BCUT2D eigenvalue weighted by Gasteiger charge is -2.33. The summed E-state index contributed by atoms with van der Waals surface area (Å²) in [5.41, 5.74) is 0.948. The molecule has 3 aromatic rings. The van der Waals surface area contributed by atoms with Gasteiger partial charge in [-0.05, 0) is 61.4 Å². The third-order valence-corrected chi connectivity index (χ3v) is 7.33. The Balaban J connectivity index is 1.89. The Kier molecular flexibility index (Phi) is 10.2. The number of benzene rings is 3. The van der Waals surface area contributed by atoms with Gasteiger partial charge in [0.05, 0.1) is 11.9 Å². The lowest BCUT2D eigenvalue weighted by atomic mass is 10.1. The van der Waals surface area contributed by atoms with Crippen LogP contribution in [0.3, 0.4) is 0 Å². The fraction of sp³-hybridized carbons (Fsp3) is 0.286. The largest absolute Gasteiger partial charge is 0.457 e. The first-order valence-corrected chi connectivity index (χ1v) is 14.5. The maximum atomic E-state index is 13.7. The molecule has 10 heteroatoms. The van der Waals surface area contributed by atoms with Crippen molar-refractivity contribution in [2.45, 2.75) is 32.9 Å². The molecule has 202 valence electrons. The number of nitrogens with one attached hydrogen (secondary N) is 1. The van der Waals surface area contributed by atoms with Gasteiger partial charge in [-0.1, -0.05) is 54.9 Å². The van der Waals surface area contributed by atoms with Gasteiger partial charge >= 0.3 is 0 Å². The SMILES string of the molecule is CCNC(=O)C(CC)N(Cc1ccccc1Cl)C(=O)CN(c1ccc(Oc2ccccc2)cc1)S(C)(=O)=O. The first kappa shape index (κ1) is 29.0. The number of hydrogen-bond acceptors (Lipinski definition) is 5. The lowest BCUT2D eigenvalue weighted by molar-refractivity contribution is -0.140. The minimum Gasteiger partial charge on any atom is -0.457 e. The predicted octanol–water partition coefficient (Wildman–Crippen LogP) is 4.84. The van der Waals surface area contributed by atoms with Crippen molar-refractivity contribution in [1.29, 1.82) is 0 Å². The van der Waals surface area contributed by atoms with Gasteiger partial charge in [0, 0.05) is 18.1 Å². The average molecular weight is 558 g/mol. The van der Waals surface area contributed by atoms with Crippen molar-refractivity contribution in [2.75, 3.05) is 23.7 Å². The number of rotatable bonds is 12. The number of hydrogen-bond donors (Lipinski definition) is 1. The minimum absolute atomic E-state index is 0.0512. The van der Waals surface area contributed by atoms with E-state index in [4.69, 9.17) is 16.3 Å². The van der Waals surface area contributed by atoms with Crippen LogP contribution >= 0.6 is 11.6 Å². The number of amides is 2. The molecule has 0 aromatic heterocycles. The molecule has 0 aliphatic rings. The molecule has 0 saturated carbocycles. The molecule has 1 unspecified atom stereocenters. The minimum atomic E-state index is -3.84. The smallest absolute Gasteiger partial charge is 0.244 e.